The molecule has 6 heteroatoms. The Hall–Kier alpha value is -4.50. The van der Waals surface area contributed by atoms with Gasteiger partial charge in [0, 0.05) is 24.3 Å². The Morgan fingerprint density at radius 3 is 2.28 bits per heavy atom. The Kier molecular flexibility index (Phi) is 7.66. The Morgan fingerprint density at radius 1 is 0.969 bits per heavy atom. The summed E-state index contributed by atoms with van der Waals surface area (Å²) in [7, 11) is 0. The van der Waals surface area contributed by atoms with Gasteiger partial charge in [-0.1, -0.05) is 30.8 Å². The largest absolute Gasteiger partial charge is 0.457 e. The third kappa shape index (κ3) is 6.51. The van der Waals surface area contributed by atoms with Gasteiger partial charge >= 0.3 is 5.97 Å². The second-order valence-electron chi connectivity index (χ2n) is 6.71. The number of nitrogens with zero attached hydrogens (tertiary/aromatic N) is 2. The number of nitriles is 1. The highest BCUT2D eigenvalue weighted by atomic mass is 16.7. The van der Waals surface area contributed by atoms with Crippen molar-refractivity contribution in [2.75, 3.05) is 6.79 Å². The van der Waals surface area contributed by atoms with Crippen molar-refractivity contribution >= 4 is 23.7 Å². The van der Waals surface area contributed by atoms with Crippen LogP contribution in [0.1, 0.15) is 27.0 Å². The minimum Gasteiger partial charge on any atom is -0.457 e. The lowest BCUT2D eigenvalue weighted by molar-refractivity contribution is -0.144. The van der Waals surface area contributed by atoms with Gasteiger partial charge in [-0.05, 0) is 59.7 Å². The summed E-state index contributed by atoms with van der Waals surface area (Å²) in [6, 6.07) is 23.3. The van der Waals surface area contributed by atoms with Gasteiger partial charge in [-0.15, -0.1) is 0 Å². The number of hydrogen-bond donors (Lipinski definition) is 0. The molecule has 0 N–H and O–H groups in total. The first-order valence-corrected chi connectivity index (χ1v) is 9.76. The molecule has 0 fully saturated rings. The Balaban J connectivity index is 1.53. The SMILES string of the molecule is C=CC(=O)OCOc1ccc(C(=O)Cc2ccc(/C=N/c3ccc(C#N)cc3)cc2)cc1. The quantitative estimate of drug-likeness (QED) is 0.162. The van der Waals surface area contributed by atoms with Gasteiger partial charge in [-0.2, -0.15) is 5.26 Å². The first-order valence-electron chi connectivity index (χ1n) is 9.76. The van der Waals surface area contributed by atoms with Crippen LogP contribution in [0.2, 0.25) is 0 Å². The van der Waals surface area contributed by atoms with Gasteiger partial charge in [0.15, 0.2) is 5.78 Å². The molecule has 0 saturated heterocycles. The predicted octanol–water partition coefficient (Wildman–Crippen LogP) is 4.80. The highest BCUT2D eigenvalue weighted by molar-refractivity contribution is 5.97. The molecule has 0 unspecified atom stereocenters. The van der Waals surface area contributed by atoms with E-state index in [1.165, 1.54) is 0 Å². The fraction of sp³-hybridized carbons (Fsp3) is 0.0769. The van der Waals surface area contributed by atoms with Crippen LogP contribution in [0, 0.1) is 11.3 Å². The molecular formula is C26H20N2O4. The van der Waals surface area contributed by atoms with Crippen molar-refractivity contribution in [3.63, 3.8) is 0 Å². The molecule has 0 aliphatic carbocycles. The van der Waals surface area contributed by atoms with Crippen molar-refractivity contribution < 1.29 is 19.1 Å². The minimum atomic E-state index is -0.566. The van der Waals surface area contributed by atoms with Gasteiger partial charge in [-0.25, -0.2) is 4.79 Å². The molecular weight excluding hydrogens is 404 g/mol. The molecule has 0 radical (unpaired) electrons. The molecule has 0 aliphatic rings. The van der Waals surface area contributed by atoms with Gasteiger partial charge < -0.3 is 9.47 Å². The number of ketones is 1. The second kappa shape index (κ2) is 11.0. The number of carbonyl (C=O) groups excluding carboxylic acids is 2. The molecule has 0 heterocycles. The summed E-state index contributed by atoms with van der Waals surface area (Å²) < 4.78 is 10.0. The molecule has 0 amide bonds. The number of rotatable bonds is 9. The van der Waals surface area contributed by atoms with Crippen molar-refractivity contribution in [1.29, 1.82) is 5.26 Å². The summed E-state index contributed by atoms with van der Waals surface area (Å²) >= 11 is 0. The number of hydrogen-bond acceptors (Lipinski definition) is 6. The fourth-order valence-corrected chi connectivity index (χ4v) is 2.73. The third-order valence-corrected chi connectivity index (χ3v) is 4.47. The number of benzene rings is 3. The average Bonchev–Trinajstić information content (AvgIpc) is 2.84. The molecule has 32 heavy (non-hydrogen) atoms. The van der Waals surface area contributed by atoms with Crippen LogP contribution in [0.25, 0.3) is 0 Å². The molecule has 0 spiro atoms. The summed E-state index contributed by atoms with van der Waals surface area (Å²) in [5.74, 6) is -0.0960. The molecule has 0 aliphatic heterocycles. The zero-order valence-corrected chi connectivity index (χ0v) is 17.2. The van der Waals surface area contributed by atoms with Gasteiger partial charge in [0.05, 0.1) is 17.3 Å². The van der Waals surface area contributed by atoms with E-state index >= 15 is 0 Å². The maximum absolute atomic E-state index is 12.5. The molecule has 0 bridgehead atoms. The van der Waals surface area contributed by atoms with Crippen LogP contribution < -0.4 is 4.74 Å². The molecule has 3 aromatic carbocycles. The molecule has 0 saturated carbocycles. The van der Waals surface area contributed by atoms with E-state index < -0.39 is 5.97 Å². The summed E-state index contributed by atoms with van der Waals surface area (Å²) in [5.41, 5.74) is 3.71. The van der Waals surface area contributed by atoms with Crippen molar-refractivity contribution in [1.82, 2.24) is 0 Å². The third-order valence-electron chi connectivity index (χ3n) is 4.47. The summed E-state index contributed by atoms with van der Waals surface area (Å²) in [6.45, 7) is 3.08. The van der Waals surface area contributed by atoms with Crippen molar-refractivity contribution in [2.24, 2.45) is 4.99 Å². The number of aliphatic imine (C=N–C) groups is 1. The van der Waals surface area contributed by atoms with E-state index in [1.54, 1.807) is 54.7 Å². The maximum atomic E-state index is 12.5. The van der Waals surface area contributed by atoms with E-state index in [1.807, 2.05) is 24.3 Å². The zero-order valence-electron chi connectivity index (χ0n) is 17.2. The van der Waals surface area contributed by atoms with Gasteiger partial charge in [0.1, 0.15) is 5.75 Å². The monoisotopic (exact) mass is 424 g/mol. The lowest BCUT2D eigenvalue weighted by atomic mass is 10.0. The Bertz CT molecular complexity index is 1160. The van der Waals surface area contributed by atoms with Crippen LogP contribution in [0.3, 0.4) is 0 Å². The van der Waals surface area contributed by atoms with E-state index in [2.05, 4.69) is 17.6 Å². The lowest BCUT2D eigenvalue weighted by Crippen LogP contribution is -2.08. The molecule has 158 valence electrons. The maximum Gasteiger partial charge on any atom is 0.333 e. The van der Waals surface area contributed by atoms with Crippen LogP contribution in [-0.4, -0.2) is 24.8 Å². The zero-order chi connectivity index (χ0) is 22.8. The van der Waals surface area contributed by atoms with Crippen LogP contribution in [-0.2, 0) is 16.0 Å². The normalized spacial score (nSPS) is 10.3. The van der Waals surface area contributed by atoms with Crippen LogP contribution in [0.5, 0.6) is 5.75 Å². The fourth-order valence-electron chi connectivity index (χ4n) is 2.73. The molecule has 3 aromatic rings. The summed E-state index contributed by atoms with van der Waals surface area (Å²) in [5, 5.41) is 8.83. The van der Waals surface area contributed by atoms with Crippen molar-refractivity contribution in [3.8, 4) is 11.8 Å². The van der Waals surface area contributed by atoms with Gasteiger partial charge in [0.2, 0.25) is 6.79 Å². The van der Waals surface area contributed by atoms with Crippen LogP contribution in [0.15, 0.2) is 90.4 Å². The van der Waals surface area contributed by atoms with E-state index in [0.717, 1.165) is 22.9 Å². The number of carbonyl (C=O) groups is 2. The average molecular weight is 424 g/mol. The molecule has 3 rings (SSSR count). The van der Waals surface area contributed by atoms with E-state index in [4.69, 9.17) is 14.7 Å². The smallest absolute Gasteiger partial charge is 0.333 e. The molecule has 6 nitrogen and oxygen atoms in total. The highest BCUT2D eigenvalue weighted by Gasteiger charge is 2.08. The summed E-state index contributed by atoms with van der Waals surface area (Å²) in [6.07, 6.45) is 3.06. The van der Waals surface area contributed by atoms with Crippen molar-refractivity contribution in [2.45, 2.75) is 6.42 Å². The topological polar surface area (TPSA) is 88.8 Å². The van der Waals surface area contributed by atoms with Gasteiger partial charge in [-0.3, -0.25) is 9.79 Å². The van der Waals surface area contributed by atoms with E-state index in [0.29, 0.717) is 16.9 Å². The van der Waals surface area contributed by atoms with E-state index in [-0.39, 0.29) is 19.0 Å². The standard InChI is InChI=1S/C26H20N2O4/c1-2-26(30)32-18-31-24-13-9-22(10-14-24)25(29)15-19-3-5-21(6-4-19)17-28-23-11-7-20(16-27)8-12-23/h2-14,17H,1,15,18H2/b28-17+. The molecule has 0 aromatic heterocycles. The van der Waals surface area contributed by atoms with Crippen LogP contribution in [0.4, 0.5) is 5.69 Å². The van der Waals surface area contributed by atoms with E-state index in [9.17, 15) is 9.59 Å². The minimum absolute atomic E-state index is 0.0198. The Labute approximate surface area is 186 Å². The molecule has 0 atom stereocenters. The lowest BCUT2D eigenvalue weighted by Gasteiger charge is -2.07. The van der Waals surface area contributed by atoms with Crippen LogP contribution >= 0.6 is 0 Å². The Morgan fingerprint density at radius 2 is 1.66 bits per heavy atom. The number of Topliss-reactive ketones (excluding diaryl/α,β-unsaturated/α-hetero) is 1. The number of ether oxygens (including phenoxy) is 2. The predicted molar refractivity (Wildman–Crippen MR) is 121 cm³/mol. The van der Waals surface area contributed by atoms with Gasteiger partial charge in [0.25, 0.3) is 0 Å². The second-order valence-corrected chi connectivity index (χ2v) is 6.71. The highest BCUT2D eigenvalue weighted by Crippen LogP contribution is 2.16. The van der Waals surface area contributed by atoms with Crippen molar-refractivity contribution in [3.05, 3.63) is 108 Å². The summed E-state index contributed by atoms with van der Waals surface area (Å²) in [4.78, 5) is 27.9. The first-order chi connectivity index (χ1) is 15.6. The first kappa shape index (κ1) is 22.2. The number of esters is 1.